The lowest BCUT2D eigenvalue weighted by Gasteiger charge is -2.02. The summed E-state index contributed by atoms with van der Waals surface area (Å²) in [6, 6.07) is 11.0. The summed E-state index contributed by atoms with van der Waals surface area (Å²) in [5, 5.41) is 11.6. The molecule has 0 aliphatic carbocycles. The topological polar surface area (TPSA) is 96.0 Å². The van der Waals surface area contributed by atoms with Gasteiger partial charge in [-0.25, -0.2) is 0 Å². The normalized spacial score (nSPS) is 15.6. The molecule has 3 heterocycles. The van der Waals surface area contributed by atoms with E-state index in [0.29, 0.717) is 16.9 Å². The van der Waals surface area contributed by atoms with E-state index in [1.165, 1.54) is 6.08 Å². The summed E-state index contributed by atoms with van der Waals surface area (Å²) in [5.41, 5.74) is 2.71. The van der Waals surface area contributed by atoms with E-state index in [1.54, 1.807) is 36.7 Å². The van der Waals surface area contributed by atoms with Gasteiger partial charge in [0.05, 0.1) is 16.5 Å². The van der Waals surface area contributed by atoms with Crippen LogP contribution in [0.3, 0.4) is 0 Å². The Bertz CT molecular complexity index is 1110. The van der Waals surface area contributed by atoms with Crippen molar-refractivity contribution in [3.63, 3.8) is 0 Å². The number of fused-ring (bicyclic) bond motifs is 1. The number of rotatable bonds is 2. The lowest BCUT2D eigenvalue weighted by atomic mass is 10.0. The molecular formula is C18H9N3O3S. The number of thioether (sulfide) groups is 1. The Kier molecular flexibility index (Phi) is 3.60. The molecule has 1 aliphatic rings. The smallest absolute Gasteiger partial charge is 0.290 e. The zero-order chi connectivity index (χ0) is 17.4. The Morgan fingerprint density at radius 1 is 1.24 bits per heavy atom. The molecule has 4 rings (SSSR count). The number of carbonyl (C=O) groups is 2. The zero-order valence-corrected chi connectivity index (χ0v) is 13.5. The number of nitrogens with one attached hydrogen (secondary N) is 1. The largest absolute Gasteiger partial charge is 0.456 e. The van der Waals surface area contributed by atoms with E-state index in [9.17, 15) is 9.59 Å². The van der Waals surface area contributed by atoms with Crippen LogP contribution in [0.4, 0.5) is 4.79 Å². The van der Waals surface area contributed by atoms with Gasteiger partial charge >= 0.3 is 0 Å². The number of benzene rings is 1. The number of carbonyl (C=O) groups excluding carboxylic acids is 2. The van der Waals surface area contributed by atoms with Gasteiger partial charge in [0.1, 0.15) is 11.3 Å². The van der Waals surface area contributed by atoms with Crippen LogP contribution >= 0.6 is 11.8 Å². The van der Waals surface area contributed by atoms with E-state index in [2.05, 4.69) is 16.4 Å². The van der Waals surface area contributed by atoms with E-state index in [0.717, 1.165) is 28.3 Å². The molecule has 2 aromatic heterocycles. The number of hydrogen-bond acceptors (Lipinski definition) is 6. The van der Waals surface area contributed by atoms with Gasteiger partial charge in [-0.1, -0.05) is 12.1 Å². The molecule has 6 nitrogen and oxygen atoms in total. The third kappa shape index (κ3) is 2.79. The Balaban J connectivity index is 1.82. The second-order valence-corrected chi connectivity index (χ2v) is 6.31. The van der Waals surface area contributed by atoms with Crippen LogP contribution in [-0.2, 0) is 4.79 Å². The van der Waals surface area contributed by atoms with Crippen LogP contribution in [0.1, 0.15) is 11.3 Å². The molecule has 1 N–H and O–H groups in total. The molecule has 0 bridgehead atoms. The van der Waals surface area contributed by atoms with E-state index < -0.39 is 11.1 Å². The van der Waals surface area contributed by atoms with Crippen molar-refractivity contribution >= 4 is 40.0 Å². The Morgan fingerprint density at radius 3 is 2.88 bits per heavy atom. The molecule has 1 saturated heterocycles. The van der Waals surface area contributed by atoms with Crippen molar-refractivity contribution in [3.05, 3.63) is 59.0 Å². The van der Waals surface area contributed by atoms with Crippen LogP contribution in [0.5, 0.6) is 0 Å². The average Bonchev–Trinajstić information content (AvgIpc) is 3.17. The summed E-state index contributed by atoms with van der Waals surface area (Å²) in [7, 11) is 0. The number of hydrogen-bond donors (Lipinski definition) is 1. The van der Waals surface area contributed by atoms with Crippen molar-refractivity contribution in [2.24, 2.45) is 0 Å². The van der Waals surface area contributed by atoms with Gasteiger partial charge in [0.15, 0.2) is 0 Å². The summed E-state index contributed by atoms with van der Waals surface area (Å²) < 4.78 is 5.87. The molecule has 0 spiro atoms. The molecule has 7 heteroatoms. The lowest BCUT2D eigenvalue weighted by Crippen LogP contribution is -2.17. The molecule has 25 heavy (non-hydrogen) atoms. The van der Waals surface area contributed by atoms with Crippen LogP contribution in [0.25, 0.3) is 28.2 Å². The Labute approximate surface area is 146 Å². The molecule has 2 amide bonds. The SMILES string of the molecule is N#Cc1cccc(-c2cncc3cc(C=C4SC(=O)NC4=O)oc23)c1. The molecule has 0 radical (unpaired) electrons. The summed E-state index contributed by atoms with van der Waals surface area (Å²) >= 11 is 0.834. The number of pyridine rings is 1. The molecule has 1 aliphatic heterocycles. The van der Waals surface area contributed by atoms with E-state index in [-0.39, 0.29) is 4.91 Å². The van der Waals surface area contributed by atoms with Crippen molar-refractivity contribution in [2.75, 3.05) is 0 Å². The summed E-state index contributed by atoms with van der Waals surface area (Å²) in [6.07, 6.45) is 4.85. The van der Waals surface area contributed by atoms with Gasteiger partial charge < -0.3 is 4.42 Å². The fourth-order valence-electron chi connectivity index (χ4n) is 2.57. The maximum absolute atomic E-state index is 11.7. The quantitative estimate of drug-likeness (QED) is 0.710. The van der Waals surface area contributed by atoms with Gasteiger partial charge in [-0.15, -0.1) is 0 Å². The van der Waals surface area contributed by atoms with Crippen LogP contribution in [0, 0.1) is 11.3 Å². The maximum Gasteiger partial charge on any atom is 0.290 e. The minimum atomic E-state index is -0.435. The van der Waals surface area contributed by atoms with Crippen molar-refractivity contribution in [2.45, 2.75) is 0 Å². The molecule has 3 aromatic rings. The summed E-state index contributed by atoms with van der Waals surface area (Å²) in [4.78, 5) is 27.4. The van der Waals surface area contributed by atoms with E-state index in [4.69, 9.17) is 9.68 Å². The van der Waals surface area contributed by atoms with Crippen molar-refractivity contribution in [1.29, 1.82) is 5.26 Å². The summed E-state index contributed by atoms with van der Waals surface area (Å²) in [6.45, 7) is 0. The third-order valence-electron chi connectivity index (χ3n) is 3.66. The second-order valence-electron chi connectivity index (χ2n) is 5.30. The van der Waals surface area contributed by atoms with Crippen molar-refractivity contribution in [1.82, 2.24) is 10.3 Å². The first-order valence-electron chi connectivity index (χ1n) is 7.27. The van der Waals surface area contributed by atoms with Crippen LogP contribution < -0.4 is 5.32 Å². The monoisotopic (exact) mass is 347 g/mol. The van der Waals surface area contributed by atoms with Crippen molar-refractivity contribution < 1.29 is 14.0 Å². The fourth-order valence-corrected chi connectivity index (χ4v) is 3.23. The van der Waals surface area contributed by atoms with Crippen LogP contribution in [0.2, 0.25) is 0 Å². The molecule has 1 fully saturated rings. The first kappa shape index (κ1) is 15.2. The van der Waals surface area contributed by atoms with Gasteiger partial charge in [-0.3, -0.25) is 19.9 Å². The number of furan rings is 1. The van der Waals surface area contributed by atoms with Crippen molar-refractivity contribution in [3.8, 4) is 17.2 Å². The minimum absolute atomic E-state index is 0.282. The molecule has 1 aromatic carbocycles. The molecular weight excluding hydrogens is 338 g/mol. The highest BCUT2D eigenvalue weighted by atomic mass is 32.2. The highest BCUT2D eigenvalue weighted by Crippen LogP contribution is 2.33. The van der Waals surface area contributed by atoms with Gasteiger partial charge in [-0.05, 0) is 35.5 Å². The average molecular weight is 347 g/mol. The minimum Gasteiger partial charge on any atom is -0.456 e. The Morgan fingerprint density at radius 2 is 2.12 bits per heavy atom. The number of nitriles is 1. The van der Waals surface area contributed by atoms with Gasteiger partial charge in [-0.2, -0.15) is 5.26 Å². The number of nitrogens with zero attached hydrogens (tertiary/aromatic N) is 2. The van der Waals surface area contributed by atoms with Crippen LogP contribution in [-0.4, -0.2) is 16.1 Å². The lowest BCUT2D eigenvalue weighted by molar-refractivity contribution is -0.115. The molecule has 0 saturated carbocycles. The number of amides is 2. The third-order valence-corrected chi connectivity index (χ3v) is 4.47. The number of aromatic nitrogens is 1. The predicted octanol–water partition coefficient (Wildman–Crippen LogP) is 3.69. The number of imide groups is 1. The predicted molar refractivity (Wildman–Crippen MR) is 93.3 cm³/mol. The first-order valence-corrected chi connectivity index (χ1v) is 8.08. The maximum atomic E-state index is 11.7. The van der Waals surface area contributed by atoms with E-state index >= 15 is 0 Å². The van der Waals surface area contributed by atoms with Crippen LogP contribution in [0.15, 0.2) is 52.0 Å². The van der Waals surface area contributed by atoms with Gasteiger partial charge in [0.25, 0.3) is 11.1 Å². The molecule has 120 valence electrons. The molecule has 0 unspecified atom stereocenters. The summed E-state index contributed by atoms with van der Waals surface area (Å²) in [5.74, 6) is 0.0172. The first-order chi connectivity index (χ1) is 12.1. The highest BCUT2D eigenvalue weighted by molar-refractivity contribution is 8.18. The highest BCUT2D eigenvalue weighted by Gasteiger charge is 2.25. The standard InChI is InChI=1S/C18H9N3O3S/c19-7-10-2-1-3-11(4-10)14-9-20-8-12-5-13(24-16(12)14)6-15-17(22)21-18(23)25-15/h1-6,8-9H,(H,21,22,23). The van der Waals surface area contributed by atoms with Gasteiger partial charge in [0.2, 0.25) is 0 Å². The Hall–Kier alpha value is -3.37. The van der Waals surface area contributed by atoms with E-state index in [1.807, 2.05) is 6.07 Å². The second kappa shape index (κ2) is 5.92. The zero-order valence-electron chi connectivity index (χ0n) is 12.6. The van der Waals surface area contributed by atoms with Gasteiger partial charge in [0, 0.05) is 29.4 Å². The molecule has 0 atom stereocenters. The fraction of sp³-hybridized carbons (Fsp3) is 0.